The monoisotopic (exact) mass is 556 g/mol. The van der Waals surface area contributed by atoms with Crippen LogP contribution in [0, 0.1) is 6.92 Å². The number of sulfonamides is 1. The van der Waals surface area contributed by atoms with Gasteiger partial charge in [-0.1, -0.05) is 61.3 Å². The highest BCUT2D eigenvalue weighted by atomic mass is 35.5. The van der Waals surface area contributed by atoms with Crippen LogP contribution in [-0.2, 0) is 14.8 Å². The van der Waals surface area contributed by atoms with Crippen LogP contribution in [-0.4, -0.2) is 33.6 Å². The van der Waals surface area contributed by atoms with Crippen LogP contribution in [0.5, 0.6) is 11.5 Å². The Bertz CT molecular complexity index is 1400. The number of anilines is 1. The van der Waals surface area contributed by atoms with E-state index in [1.807, 2.05) is 31.2 Å². The lowest BCUT2D eigenvalue weighted by Crippen LogP contribution is -2.47. The molecule has 4 rings (SSSR count). The van der Waals surface area contributed by atoms with Gasteiger partial charge in [0.25, 0.3) is 10.0 Å². The molecule has 9 heteroatoms. The number of amides is 1. The molecule has 0 unspecified atom stereocenters. The Morgan fingerprint density at radius 1 is 1.11 bits per heavy atom. The van der Waals surface area contributed by atoms with Gasteiger partial charge in [-0.05, 0) is 56.2 Å². The third-order valence-corrected chi connectivity index (χ3v) is 9.14. The van der Waals surface area contributed by atoms with Crippen molar-refractivity contribution in [3.63, 3.8) is 0 Å². The van der Waals surface area contributed by atoms with Gasteiger partial charge in [0.1, 0.15) is 23.6 Å². The van der Waals surface area contributed by atoms with Crippen molar-refractivity contribution in [1.82, 2.24) is 5.32 Å². The summed E-state index contributed by atoms with van der Waals surface area (Å²) in [5, 5.41) is 3.40. The topological polar surface area (TPSA) is 84.9 Å². The SMILES string of the molecule is CCC1(CC)C[C@H](NC(=O)CN(c2cc(Cl)ccc2OC)S(=O)(=O)c2ccc(C)cc2)c2ccccc2O1. The number of fused-ring (bicyclic) bond motifs is 1. The average molecular weight is 557 g/mol. The molecule has 0 aliphatic carbocycles. The second kappa shape index (κ2) is 11.3. The van der Waals surface area contributed by atoms with Gasteiger partial charge < -0.3 is 14.8 Å². The molecule has 202 valence electrons. The van der Waals surface area contributed by atoms with Crippen LogP contribution in [0.15, 0.2) is 71.6 Å². The smallest absolute Gasteiger partial charge is 0.264 e. The normalized spacial score (nSPS) is 16.2. The predicted molar refractivity (Wildman–Crippen MR) is 150 cm³/mol. The molecule has 0 bridgehead atoms. The number of nitrogens with zero attached hydrogens (tertiary/aromatic N) is 1. The van der Waals surface area contributed by atoms with Gasteiger partial charge in [-0.15, -0.1) is 0 Å². The fraction of sp³-hybridized carbons (Fsp3) is 0.345. The largest absolute Gasteiger partial charge is 0.495 e. The van der Waals surface area contributed by atoms with E-state index in [-0.39, 0.29) is 22.4 Å². The number of halogens is 1. The summed E-state index contributed by atoms with van der Waals surface area (Å²) in [5.41, 5.74) is 1.55. The van der Waals surface area contributed by atoms with Gasteiger partial charge in [0.2, 0.25) is 5.91 Å². The van der Waals surface area contributed by atoms with Gasteiger partial charge in [0.05, 0.1) is 23.7 Å². The number of methoxy groups -OCH3 is 1. The molecule has 0 saturated carbocycles. The molecular formula is C29H33ClN2O5S. The molecule has 0 radical (unpaired) electrons. The first-order valence-electron chi connectivity index (χ1n) is 12.6. The number of carbonyl (C=O) groups is 1. The van der Waals surface area contributed by atoms with E-state index in [1.165, 1.54) is 25.3 Å². The van der Waals surface area contributed by atoms with Crippen LogP contribution in [0.1, 0.15) is 50.3 Å². The molecule has 0 aromatic heterocycles. The van der Waals surface area contributed by atoms with Crippen molar-refractivity contribution in [2.45, 2.75) is 56.6 Å². The first-order chi connectivity index (χ1) is 18.1. The van der Waals surface area contributed by atoms with Crippen LogP contribution >= 0.6 is 11.6 Å². The molecule has 1 aliphatic rings. The number of aryl methyl sites for hydroxylation is 1. The fourth-order valence-electron chi connectivity index (χ4n) is 4.80. The van der Waals surface area contributed by atoms with Crippen molar-refractivity contribution < 1.29 is 22.7 Å². The van der Waals surface area contributed by atoms with Gasteiger partial charge in [-0.3, -0.25) is 9.10 Å². The number of carbonyl (C=O) groups excluding carboxylic acids is 1. The van der Waals surface area contributed by atoms with Crippen molar-refractivity contribution in [1.29, 1.82) is 0 Å². The molecule has 0 saturated heterocycles. The van der Waals surface area contributed by atoms with Crippen molar-refractivity contribution >= 4 is 33.2 Å². The second-order valence-corrected chi connectivity index (χ2v) is 11.8. The molecule has 0 spiro atoms. The Balaban J connectivity index is 1.71. The number of hydrogen-bond acceptors (Lipinski definition) is 5. The summed E-state index contributed by atoms with van der Waals surface area (Å²) < 4.78 is 40.6. The quantitative estimate of drug-likeness (QED) is 0.347. The van der Waals surface area contributed by atoms with E-state index in [2.05, 4.69) is 19.2 Å². The fourth-order valence-corrected chi connectivity index (χ4v) is 6.39. The van der Waals surface area contributed by atoms with Crippen molar-refractivity contribution in [2.24, 2.45) is 0 Å². The van der Waals surface area contributed by atoms with Crippen LogP contribution < -0.4 is 19.1 Å². The maximum absolute atomic E-state index is 13.9. The van der Waals surface area contributed by atoms with Crippen LogP contribution in [0.25, 0.3) is 0 Å². The number of para-hydroxylation sites is 1. The summed E-state index contributed by atoms with van der Waals surface area (Å²) in [6, 6.07) is 18.5. The van der Waals surface area contributed by atoms with E-state index < -0.39 is 28.1 Å². The molecular weight excluding hydrogens is 524 g/mol. The molecule has 0 fully saturated rings. The van der Waals surface area contributed by atoms with Gasteiger partial charge in [0.15, 0.2) is 0 Å². The van der Waals surface area contributed by atoms with E-state index in [1.54, 1.807) is 24.3 Å². The molecule has 1 amide bonds. The molecule has 3 aromatic carbocycles. The molecule has 7 nitrogen and oxygen atoms in total. The standard InChI is InChI=1S/C29H33ClN2O5S/c1-5-29(6-2)18-24(23-9-7-8-10-26(23)37-29)31-28(33)19-32(25-17-21(30)13-16-27(25)36-4)38(34,35)22-14-11-20(3)12-15-22/h7-17,24H,5-6,18-19H2,1-4H3,(H,31,33)/t24-/m0/s1. The predicted octanol–water partition coefficient (Wildman–Crippen LogP) is 6.05. The van der Waals surface area contributed by atoms with Crippen LogP contribution in [0.4, 0.5) is 5.69 Å². The maximum atomic E-state index is 13.9. The Labute approximate surface area is 229 Å². The summed E-state index contributed by atoms with van der Waals surface area (Å²) in [6.07, 6.45) is 2.13. The molecule has 1 heterocycles. The Kier molecular flexibility index (Phi) is 8.23. The average Bonchev–Trinajstić information content (AvgIpc) is 2.91. The first-order valence-corrected chi connectivity index (χ1v) is 14.4. The highest BCUT2D eigenvalue weighted by molar-refractivity contribution is 7.92. The van der Waals surface area contributed by atoms with E-state index in [4.69, 9.17) is 21.1 Å². The number of ether oxygens (including phenoxy) is 2. The summed E-state index contributed by atoms with van der Waals surface area (Å²) in [4.78, 5) is 13.6. The van der Waals surface area contributed by atoms with E-state index in [0.717, 1.165) is 34.0 Å². The van der Waals surface area contributed by atoms with E-state index in [0.29, 0.717) is 11.4 Å². The lowest BCUT2D eigenvalue weighted by Gasteiger charge is -2.41. The van der Waals surface area contributed by atoms with Crippen LogP contribution in [0.2, 0.25) is 5.02 Å². The van der Waals surface area contributed by atoms with Gasteiger partial charge in [-0.2, -0.15) is 0 Å². The maximum Gasteiger partial charge on any atom is 0.264 e. The van der Waals surface area contributed by atoms with Gasteiger partial charge in [-0.25, -0.2) is 8.42 Å². The zero-order chi connectivity index (χ0) is 27.5. The Hall–Kier alpha value is -3.23. The minimum absolute atomic E-state index is 0.0605. The van der Waals surface area contributed by atoms with Gasteiger partial charge in [0, 0.05) is 17.0 Å². The van der Waals surface area contributed by atoms with E-state index in [9.17, 15) is 13.2 Å². The van der Waals surface area contributed by atoms with Crippen molar-refractivity contribution in [3.8, 4) is 11.5 Å². The van der Waals surface area contributed by atoms with E-state index >= 15 is 0 Å². The number of hydrogen-bond donors (Lipinski definition) is 1. The summed E-state index contributed by atoms with van der Waals surface area (Å²) in [5.74, 6) is 0.559. The van der Waals surface area contributed by atoms with Crippen molar-refractivity contribution in [3.05, 3.63) is 82.9 Å². The summed E-state index contributed by atoms with van der Waals surface area (Å²) >= 11 is 6.25. The second-order valence-electron chi connectivity index (χ2n) is 9.50. The molecule has 1 aliphatic heterocycles. The third kappa shape index (κ3) is 5.61. The third-order valence-electron chi connectivity index (χ3n) is 7.13. The van der Waals surface area contributed by atoms with Crippen LogP contribution in [0.3, 0.4) is 0 Å². The number of benzene rings is 3. The highest BCUT2D eigenvalue weighted by Crippen LogP contribution is 2.43. The molecule has 1 N–H and O–H groups in total. The summed E-state index contributed by atoms with van der Waals surface area (Å²) in [7, 11) is -2.70. The molecule has 1 atom stereocenters. The Morgan fingerprint density at radius 2 is 1.79 bits per heavy atom. The van der Waals surface area contributed by atoms with Crippen molar-refractivity contribution in [2.75, 3.05) is 18.0 Å². The number of rotatable bonds is 9. The minimum atomic E-state index is -4.14. The lowest BCUT2D eigenvalue weighted by atomic mass is 9.83. The summed E-state index contributed by atoms with van der Waals surface area (Å²) in [6.45, 7) is 5.55. The molecule has 3 aromatic rings. The number of nitrogens with one attached hydrogen (secondary N) is 1. The van der Waals surface area contributed by atoms with Gasteiger partial charge >= 0.3 is 0 Å². The Morgan fingerprint density at radius 3 is 2.45 bits per heavy atom. The lowest BCUT2D eigenvalue weighted by molar-refractivity contribution is -0.121. The highest BCUT2D eigenvalue weighted by Gasteiger charge is 2.39. The molecule has 38 heavy (non-hydrogen) atoms. The zero-order valence-electron chi connectivity index (χ0n) is 22.0. The first kappa shape index (κ1) is 27.8. The minimum Gasteiger partial charge on any atom is -0.495 e. The zero-order valence-corrected chi connectivity index (χ0v) is 23.6.